The highest BCUT2D eigenvalue weighted by molar-refractivity contribution is 7.85. The fraction of sp³-hybridized carbons (Fsp3) is 0.462. The van der Waals surface area contributed by atoms with Crippen LogP contribution in [0.4, 0.5) is 0 Å². The summed E-state index contributed by atoms with van der Waals surface area (Å²) in [5.41, 5.74) is 0.715. The molecule has 0 aromatic heterocycles. The first kappa shape index (κ1) is 12.6. The van der Waals surface area contributed by atoms with Gasteiger partial charge in [-0.3, -0.25) is 4.55 Å². The fourth-order valence-electron chi connectivity index (χ4n) is 2.40. The van der Waals surface area contributed by atoms with E-state index in [1.54, 1.807) is 12.1 Å². The van der Waals surface area contributed by atoms with Crippen molar-refractivity contribution < 1.29 is 13.0 Å². The van der Waals surface area contributed by atoms with Gasteiger partial charge in [-0.2, -0.15) is 8.42 Å². The largest absolute Gasteiger partial charge is 0.294 e. The minimum absolute atomic E-state index is 0.0538. The van der Waals surface area contributed by atoms with Gasteiger partial charge in [0, 0.05) is 0 Å². The third-order valence-corrected chi connectivity index (χ3v) is 4.21. The molecule has 0 heterocycles. The molecule has 0 bridgehead atoms. The molecule has 0 atom stereocenters. The molecule has 2 rings (SSSR count). The van der Waals surface area contributed by atoms with Crippen LogP contribution in [0.15, 0.2) is 29.2 Å². The van der Waals surface area contributed by atoms with E-state index in [9.17, 15) is 8.42 Å². The third kappa shape index (κ3) is 3.30. The van der Waals surface area contributed by atoms with Crippen LogP contribution in [0.25, 0.3) is 0 Å². The van der Waals surface area contributed by atoms with Gasteiger partial charge in [0.2, 0.25) is 0 Å². The first-order chi connectivity index (χ1) is 8.07. The lowest BCUT2D eigenvalue weighted by atomic mass is 9.85. The van der Waals surface area contributed by atoms with Crippen LogP contribution in [0.1, 0.15) is 37.7 Å². The summed E-state index contributed by atoms with van der Waals surface area (Å²) in [5.74, 6) is 1.40. The molecule has 1 aliphatic rings. The van der Waals surface area contributed by atoms with Crippen molar-refractivity contribution in [2.75, 3.05) is 0 Å². The summed E-state index contributed by atoms with van der Waals surface area (Å²) in [6.07, 6.45) is 6.51. The molecule has 1 N–H and O–H groups in total. The Balaban J connectivity index is 2.20. The summed E-state index contributed by atoms with van der Waals surface area (Å²) < 4.78 is 31.6. The van der Waals surface area contributed by atoms with Crippen LogP contribution in [0, 0.1) is 5.92 Å². The predicted molar refractivity (Wildman–Crippen MR) is 66.3 cm³/mol. The zero-order valence-corrected chi connectivity index (χ0v) is 10.5. The Morgan fingerprint density at radius 2 is 1.71 bits per heavy atom. The Labute approximate surface area is 103 Å². The summed E-state index contributed by atoms with van der Waals surface area (Å²) >= 11 is 0. The quantitative estimate of drug-likeness (QED) is 0.842. The molecule has 0 saturated heterocycles. The van der Waals surface area contributed by atoms with Crippen molar-refractivity contribution in [1.82, 2.24) is 0 Å². The van der Waals surface area contributed by atoms with E-state index in [-0.39, 0.29) is 4.90 Å². The molecule has 0 unspecified atom stereocenters. The van der Waals surface area contributed by atoms with Gasteiger partial charge in [0.05, 0.1) is 4.90 Å². The smallest absolute Gasteiger partial charge is 0.282 e. The average Bonchev–Trinajstić information content (AvgIpc) is 2.30. The van der Waals surface area contributed by atoms with Crippen LogP contribution in [0.2, 0.25) is 0 Å². The number of rotatable bonds is 3. The third-order valence-electron chi connectivity index (χ3n) is 3.25. The summed E-state index contributed by atoms with van der Waals surface area (Å²) in [6, 6.07) is 6.70. The van der Waals surface area contributed by atoms with Crippen LogP contribution in [0.3, 0.4) is 0 Å². The highest BCUT2D eigenvalue weighted by Crippen LogP contribution is 2.30. The van der Waals surface area contributed by atoms with Crippen LogP contribution in [-0.2, 0) is 16.5 Å². The fourth-order valence-corrected chi connectivity index (χ4v) is 3.12. The molecular weight excluding hydrogens is 236 g/mol. The normalized spacial score (nSPS) is 18.2. The molecule has 0 spiro atoms. The van der Waals surface area contributed by atoms with Crippen molar-refractivity contribution in [3.8, 4) is 0 Å². The average molecular weight is 253 g/mol. The van der Waals surface area contributed by atoms with E-state index in [1.807, 2.05) is 6.07 Å². The maximum Gasteiger partial charge on any atom is 0.294 e. The molecule has 3 nitrogen and oxygen atoms in total. The van der Waals surface area contributed by atoms with Gasteiger partial charge in [-0.15, -0.1) is 0 Å². The topological polar surface area (TPSA) is 54.4 Å². The van der Waals surface area contributed by atoms with E-state index in [0.29, 0.717) is 12.0 Å². The zero-order valence-electron chi connectivity index (χ0n) is 9.72. The monoisotopic (exact) mass is 253 g/mol. The van der Waals surface area contributed by atoms with Gasteiger partial charge in [-0.1, -0.05) is 37.5 Å². The highest BCUT2D eigenvalue weighted by Gasteiger charge is 2.19. The minimum atomic E-state index is -4.10. The Hall–Kier alpha value is -0.870. The van der Waals surface area contributed by atoms with Crippen LogP contribution in [-0.4, -0.2) is 13.0 Å². The van der Waals surface area contributed by atoms with Gasteiger partial charge in [0.15, 0.2) is 0 Å². The Morgan fingerprint density at radius 3 is 2.35 bits per heavy atom. The van der Waals surface area contributed by atoms with Crippen LogP contribution < -0.4 is 0 Å². The number of hydrogen-bond donors (Lipinski definition) is 1. The predicted octanol–water partition coefficient (Wildman–Crippen LogP) is 3.01. The maximum absolute atomic E-state index is 11.2. The summed E-state index contributed by atoms with van der Waals surface area (Å²) in [5, 5.41) is 0. The van der Waals surface area contributed by atoms with Crippen molar-refractivity contribution >= 4 is 10.1 Å². The summed E-state index contributed by atoms with van der Waals surface area (Å²) in [6.45, 7) is 0. The van der Waals surface area contributed by atoms with Crippen LogP contribution >= 0.6 is 0 Å². The van der Waals surface area contributed by atoms with E-state index in [2.05, 4.69) is 0 Å². The second-order valence-electron chi connectivity index (χ2n) is 4.57. The Bertz CT molecular complexity index is 473. The van der Waals surface area contributed by atoms with Crippen molar-refractivity contribution in [3.63, 3.8) is 0 Å². The van der Waals surface area contributed by atoms with Gasteiger partial charge < -0.3 is 0 Å². The van der Waals surface area contributed by atoms with Crippen molar-refractivity contribution in [1.29, 1.82) is 0 Å². The molecule has 93 valence electrons. The van der Waals surface area contributed by atoms with Gasteiger partial charge in [0.25, 0.3) is 10.1 Å². The first-order valence-corrected chi connectivity index (χ1v) is 7.40. The highest BCUT2D eigenvalue weighted by atomic mass is 32.2. The van der Waals surface area contributed by atoms with E-state index < -0.39 is 10.1 Å². The van der Waals surface area contributed by atoms with Crippen molar-refractivity contribution in [2.24, 2.45) is 0 Å². The zero-order chi connectivity index (χ0) is 12.3. The number of benzene rings is 1. The van der Waals surface area contributed by atoms with E-state index in [4.69, 9.17) is 4.55 Å². The number of hydrogen-bond acceptors (Lipinski definition) is 2. The van der Waals surface area contributed by atoms with E-state index in [1.165, 1.54) is 31.2 Å². The van der Waals surface area contributed by atoms with E-state index in [0.717, 1.165) is 12.8 Å². The van der Waals surface area contributed by atoms with Gasteiger partial charge in [-0.25, -0.2) is 0 Å². The lowest BCUT2D eigenvalue weighted by molar-refractivity contribution is 0.480. The molecule has 0 aliphatic heterocycles. The molecule has 1 radical (unpaired) electrons. The van der Waals surface area contributed by atoms with E-state index >= 15 is 0 Å². The second kappa shape index (κ2) is 5.19. The standard InChI is InChI=1S/C13H17O3S/c14-17(15,16)13-9-5-4-8-12(13)10-11-6-2-1-3-7-11/h4-5,8-9H,1-3,6-7,10H2,(H,14,15,16). The lowest BCUT2D eigenvalue weighted by Gasteiger charge is -2.21. The molecule has 1 saturated carbocycles. The van der Waals surface area contributed by atoms with Crippen molar-refractivity contribution in [3.05, 3.63) is 35.7 Å². The van der Waals surface area contributed by atoms with Crippen LogP contribution in [0.5, 0.6) is 0 Å². The second-order valence-corrected chi connectivity index (χ2v) is 5.96. The summed E-state index contributed by atoms with van der Waals surface area (Å²) in [4.78, 5) is 0.0538. The maximum atomic E-state index is 11.2. The Morgan fingerprint density at radius 1 is 1.06 bits per heavy atom. The Kier molecular flexibility index (Phi) is 3.84. The molecule has 17 heavy (non-hydrogen) atoms. The minimum Gasteiger partial charge on any atom is -0.282 e. The SMILES string of the molecule is O=S(=O)(O)c1ccccc1C[C]1CCCCC1. The molecule has 0 amide bonds. The lowest BCUT2D eigenvalue weighted by Crippen LogP contribution is -2.10. The molecular formula is C13H17O3S. The van der Waals surface area contributed by atoms with Gasteiger partial charge in [0.1, 0.15) is 0 Å². The first-order valence-electron chi connectivity index (χ1n) is 5.96. The molecule has 1 aromatic carbocycles. The molecule has 1 aromatic rings. The van der Waals surface area contributed by atoms with Gasteiger partial charge in [-0.05, 0) is 36.8 Å². The molecule has 4 heteroatoms. The molecule has 1 aliphatic carbocycles. The van der Waals surface area contributed by atoms with Crippen molar-refractivity contribution in [2.45, 2.75) is 43.4 Å². The molecule has 1 fully saturated rings. The van der Waals surface area contributed by atoms with Gasteiger partial charge >= 0.3 is 0 Å². The summed E-state index contributed by atoms with van der Waals surface area (Å²) in [7, 11) is -4.10.